The molecular formula is C23H30N2O4. The first kappa shape index (κ1) is 22.4. The molecule has 1 amide bonds. The van der Waals surface area contributed by atoms with Crippen LogP contribution in [-0.4, -0.2) is 68.1 Å². The van der Waals surface area contributed by atoms with E-state index in [1.54, 1.807) is 30.2 Å². The van der Waals surface area contributed by atoms with Gasteiger partial charge in [-0.3, -0.25) is 4.79 Å². The summed E-state index contributed by atoms with van der Waals surface area (Å²) in [4.78, 5) is 27.3. The first-order valence-corrected chi connectivity index (χ1v) is 9.63. The van der Waals surface area contributed by atoms with Crippen molar-refractivity contribution < 1.29 is 19.4 Å². The minimum atomic E-state index is -0.942. The van der Waals surface area contributed by atoms with Crippen LogP contribution in [0.15, 0.2) is 36.4 Å². The highest BCUT2D eigenvalue weighted by molar-refractivity contribution is 5.89. The zero-order chi connectivity index (χ0) is 21.6. The van der Waals surface area contributed by atoms with E-state index in [-0.39, 0.29) is 11.5 Å². The van der Waals surface area contributed by atoms with E-state index in [9.17, 15) is 9.59 Å². The van der Waals surface area contributed by atoms with Crippen LogP contribution in [0.3, 0.4) is 0 Å². The summed E-state index contributed by atoms with van der Waals surface area (Å²) in [5.41, 5.74) is 3.99. The quantitative estimate of drug-likeness (QED) is 0.702. The van der Waals surface area contributed by atoms with Gasteiger partial charge in [-0.2, -0.15) is 0 Å². The molecule has 6 heteroatoms. The van der Waals surface area contributed by atoms with Crippen LogP contribution >= 0.6 is 0 Å². The molecule has 1 N–H and O–H groups in total. The van der Waals surface area contributed by atoms with Crippen molar-refractivity contribution >= 4 is 11.9 Å². The number of rotatable bonds is 9. The number of hydrogen-bond acceptors (Lipinski definition) is 4. The van der Waals surface area contributed by atoms with Crippen molar-refractivity contribution in [1.82, 2.24) is 9.80 Å². The number of hydrogen-bond donors (Lipinski definition) is 1. The van der Waals surface area contributed by atoms with Gasteiger partial charge in [-0.25, -0.2) is 4.79 Å². The first-order valence-electron chi connectivity index (χ1n) is 9.63. The molecule has 0 atom stereocenters. The summed E-state index contributed by atoms with van der Waals surface area (Å²) in [6.07, 6.45) is 1.08. The van der Waals surface area contributed by atoms with Gasteiger partial charge < -0.3 is 19.6 Å². The number of methoxy groups -OCH3 is 1. The Balaban J connectivity index is 2.13. The highest BCUT2D eigenvalue weighted by Crippen LogP contribution is 2.33. The van der Waals surface area contributed by atoms with Crippen molar-refractivity contribution in [3.05, 3.63) is 53.1 Å². The lowest BCUT2D eigenvalue weighted by atomic mass is 9.96. The molecule has 6 nitrogen and oxygen atoms in total. The Morgan fingerprint density at radius 1 is 1.00 bits per heavy atom. The molecule has 0 aliphatic carbocycles. The molecule has 2 aromatic carbocycles. The Kier molecular flexibility index (Phi) is 7.79. The topological polar surface area (TPSA) is 70.1 Å². The van der Waals surface area contributed by atoms with Crippen LogP contribution in [-0.2, 0) is 11.2 Å². The number of carbonyl (C=O) groups excluding carboxylic acids is 1. The summed E-state index contributed by atoms with van der Waals surface area (Å²) in [5, 5.41) is 9.15. The molecule has 0 fully saturated rings. The van der Waals surface area contributed by atoms with Crippen LogP contribution in [0.4, 0.5) is 0 Å². The molecule has 0 saturated heterocycles. The molecule has 0 heterocycles. The van der Waals surface area contributed by atoms with Crippen molar-refractivity contribution in [3.8, 4) is 16.9 Å². The smallest absolute Gasteiger partial charge is 0.335 e. The Hall–Kier alpha value is -2.86. The average molecular weight is 399 g/mol. The number of amides is 1. The van der Waals surface area contributed by atoms with Crippen molar-refractivity contribution in [2.75, 3.05) is 41.3 Å². The van der Waals surface area contributed by atoms with Gasteiger partial charge in [0.25, 0.3) is 0 Å². The molecule has 29 heavy (non-hydrogen) atoms. The fourth-order valence-electron chi connectivity index (χ4n) is 3.13. The lowest BCUT2D eigenvalue weighted by Gasteiger charge is -2.20. The molecule has 0 unspecified atom stereocenters. The van der Waals surface area contributed by atoms with Crippen LogP contribution in [0, 0.1) is 6.92 Å². The summed E-state index contributed by atoms with van der Waals surface area (Å²) in [5.74, 6) is -0.112. The molecule has 0 aliphatic rings. The van der Waals surface area contributed by atoms with Crippen molar-refractivity contribution in [2.24, 2.45) is 0 Å². The Morgan fingerprint density at radius 3 is 2.28 bits per heavy atom. The normalized spacial score (nSPS) is 10.8. The van der Waals surface area contributed by atoms with Gasteiger partial charge in [0, 0.05) is 32.1 Å². The van der Waals surface area contributed by atoms with Gasteiger partial charge in [-0.15, -0.1) is 0 Å². The van der Waals surface area contributed by atoms with Crippen molar-refractivity contribution in [3.63, 3.8) is 0 Å². The summed E-state index contributed by atoms with van der Waals surface area (Å²) in [6.45, 7) is 3.43. The molecule has 2 rings (SSSR count). The second-order valence-corrected chi connectivity index (χ2v) is 7.49. The van der Waals surface area contributed by atoms with Crippen molar-refractivity contribution in [1.29, 1.82) is 0 Å². The number of carbonyl (C=O) groups is 2. The first-order chi connectivity index (χ1) is 13.7. The number of carboxylic acid groups (broad SMARTS) is 1. The van der Waals surface area contributed by atoms with E-state index < -0.39 is 5.97 Å². The molecule has 0 aliphatic heterocycles. The summed E-state index contributed by atoms with van der Waals surface area (Å²) in [6, 6.07) is 11.0. The number of benzene rings is 2. The van der Waals surface area contributed by atoms with Gasteiger partial charge in [0.15, 0.2) is 0 Å². The third-order valence-corrected chi connectivity index (χ3v) is 4.97. The zero-order valence-corrected chi connectivity index (χ0v) is 17.9. The zero-order valence-electron chi connectivity index (χ0n) is 17.9. The maximum atomic E-state index is 12.3. The van der Waals surface area contributed by atoms with Crippen molar-refractivity contribution in [2.45, 2.75) is 19.8 Å². The van der Waals surface area contributed by atoms with Gasteiger partial charge in [0.2, 0.25) is 5.91 Å². The molecule has 0 saturated carbocycles. The Bertz CT molecular complexity index is 877. The lowest BCUT2D eigenvalue weighted by molar-refractivity contribution is -0.130. The second kappa shape index (κ2) is 10.1. The predicted octanol–water partition coefficient (Wildman–Crippen LogP) is 3.32. The summed E-state index contributed by atoms with van der Waals surface area (Å²) in [7, 11) is 7.43. The van der Waals surface area contributed by atoms with E-state index in [0.717, 1.165) is 28.8 Å². The van der Waals surface area contributed by atoms with E-state index in [0.29, 0.717) is 25.1 Å². The Morgan fingerprint density at radius 2 is 1.69 bits per heavy atom. The number of aromatic carboxylic acids is 1. The summed E-state index contributed by atoms with van der Waals surface area (Å²) >= 11 is 0. The van der Waals surface area contributed by atoms with Gasteiger partial charge in [-0.05, 0) is 62.3 Å². The number of ether oxygens (including phenoxy) is 1. The van der Waals surface area contributed by atoms with Gasteiger partial charge in [-0.1, -0.05) is 18.2 Å². The molecule has 2 aromatic rings. The maximum absolute atomic E-state index is 12.3. The highest BCUT2D eigenvalue weighted by atomic mass is 16.5. The Labute approximate surface area is 172 Å². The van der Waals surface area contributed by atoms with Crippen LogP contribution in [0.5, 0.6) is 5.75 Å². The van der Waals surface area contributed by atoms with E-state index in [1.807, 2.05) is 46.3 Å². The van der Waals surface area contributed by atoms with Gasteiger partial charge in [0.1, 0.15) is 5.75 Å². The third kappa shape index (κ3) is 6.06. The van der Waals surface area contributed by atoms with E-state index >= 15 is 0 Å². The fraction of sp³-hybridized carbons (Fsp3) is 0.391. The monoisotopic (exact) mass is 398 g/mol. The molecule has 0 bridgehead atoms. The van der Waals surface area contributed by atoms with E-state index in [1.165, 1.54) is 0 Å². The largest absolute Gasteiger partial charge is 0.496 e. The SMILES string of the molecule is COc1cc(CCC(=O)N(C)CCN(C)C)ccc1-c1ccc(C(=O)O)cc1C. The molecule has 0 spiro atoms. The standard InChI is InChI=1S/C23H30N2O4/c1-16-14-18(23(27)28)8-10-19(16)20-9-6-17(15-21(20)29-5)7-11-22(26)25(4)13-12-24(2)3/h6,8-10,14-15H,7,11-13H2,1-5H3,(H,27,28). The van der Waals surface area contributed by atoms with Crippen LogP contribution < -0.4 is 4.74 Å². The van der Waals surface area contributed by atoms with E-state index in [4.69, 9.17) is 9.84 Å². The number of carboxylic acids is 1. The maximum Gasteiger partial charge on any atom is 0.335 e. The number of likely N-dealkylation sites (N-methyl/N-ethyl adjacent to an activating group) is 2. The van der Waals surface area contributed by atoms with E-state index in [2.05, 4.69) is 4.90 Å². The van der Waals surface area contributed by atoms with Gasteiger partial charge in [0.05, 0.1) is 12.7 Å². The van der Waals surface area contributed by atoms with Crippen LogP contribution in [0.2, 0.25) is 0 Å². The minimum Gasteiger partial charge on any atom is -0.496 e. The summed E-state index contributed by atoms with van der Waals surface area (Å²) < 4.78 is 5.58. The molecule has 0 radical (unpaired) electrons. The van der Waals surface area contributed by atoms with Crippen LogP contribution in [0.25, 0.3) is 11.1 Å². The van der Waals surface area contributed by atoms with Gasteiger partial charge >= 0.3 is 5.97 Å². The number of nitrogens with zero attached hydrogens (tertiary/aromatic N) is 2. The lowest BCUT2D eigenvalue weighted by Crippen LogP contribution is -2.33. The average Bonchev–Trinajstić information content (AvgIpc) is 2.69. The third-order valence-electron chi connectivity index (χ3n) is 4.97. The minimum absolute atomic E-state index is 0.120. The molecule has 0 aromatic heterocycles. The predicted molar refractivity (Wildman–Crippen MR) is 115 cm³/mol. The molecular weight excluding hydrogens is 368 g/mol. The number of aryl methyl sites for hydroxylation is 2. The molecule has 156 valence electrons. The van der Waals surface area contributed by atoms with Crippen LogP contribution in [0.1, 0.15) is 27.9 Å². The highest BCUT2D eigenvalue weighted by Gasteiger charge is 2.13. The fourth-order valence-corrected chi connectivity index (χ4v) is 3.13. The second-order valence-electron chi connectivity index (χ2n) is 7.49.